The first-order valence-corrected chi connectivity index (χ1v) is 9.70. The Morgan fingerprint density at radius 1 is 1.33 bits per heavy atom. The maximum Gasteiger partial charge on any atom is 0.191 e. The molecule has 1 atom stereocenters. The van der Waals surface area contributed by atoms with Gasteiger partial charge in [-0.2, -0.15) is 16.9 Å². The van der Waals surface area contributed by atoms with Gasteiger partial charge in [-0.3, -0.25) is 4.99 Å². The summed E-state index contributed by atoms with van der Waals surface area (Å²) in [5.41, 5.74) is 2.26. The summed E-state index contributed by atoms with van der Waals surface area (Å²) in [7, 11) is 1.81. The minimum atomic E-state index is 0.165. The van der Waals surface area contributed by atoms with Gasteiger partial charge < -0.3 is 10.6 Å². The Kier molecular flexibility index (Phi) is 7.68. The molecule has 0 bridgehead atoms. The molecule has 2 aromatic rings. The summed E-state index contributed by atoms with van der Waals surface area (Å²) in [4.78, 5) is 4.32. The molecule has 130 valence electrons. The standard InChI is InChI=1S/C18H27N5S/c1-15(22-18(19-2)20-10-4-5-13-24-3)16-8-6-9-17(14-16)23-12-7-11-21-23/h6-9,11-12,14-15H,4-5,10,13H2,1-3H3,(H2,19,20,22). The number of hydrogen-bond donors (Lipinski definition) is 2. The molecule has 0 aliphatic carbocycles. The summed E-state index contributed by atoms with van der Waals surface area (Å²) in [5, 5.41) is 11.1. The van der Waals surface area contributed by atoms with E-state index in [9.17, 15) is 0 Å². The lowest BCUT2D eigenvalue weighted by Crippen LogP contribution is -2.39. The summed E-state index contributed by atoms with van der Waals surface area (Å²) in [6.45, 7) is 3.09. The van der Waals surface area contributed by atoms with E-state index >= 15 is 0 Å². The van der Waals surface area contributed by atoms with Gasteiger partial charge in [-0.1, -0.05) is 12.1 Å². The van der Waals surface area contributed by atoms with Gasteiger partial charge >= 0.3 is 0 Å². The van der Waals surface area contributed by atoms with Gasteiger partial charge in [0.15, 0.2) is 5.96 Å². The zero-order valence-corrected chi connectivity index (χ0v) is 15.5. The van der Waals surface area contributed by atoms with Crippen molar-refractivity contribution < 1.29 is 0 Å². The molecule has 1 unspecified atom stereocenters. The predicted octanol–water partition coefficient (Wildman–Crippen LogP) is 3.24. The highest BCUT2D eigenvalue weighted by molar-refractivity contribution is 7.98. The molecule has 1 aromatic heterocycles. The van der Waals surface area contributed by atoms with Gasteiger partial charge in [0, 0.05) is 26.0 Å². The summed E-state index contributed by atoms with van der Waals surface area (Å²) >= 11 is 1.89. The maximum atomic E-state index is 4.32. The van der Waals surface area contributed by atoms with Crippen LogP contribution < -0.4 is 10.6 Å². The summed E-state index contributed by atoms with van der Waals surface area (Å²) in [6.07, 6.45) is 8.27. The Hall–Kier alpha value is -1.95. The van der Waals surface area contributed by atoms with Gasteiger partial charge in [0.1, 0.15) is 0 Å². The number of benzene rings is 1. The predicted molar refractivity (Wildman–Crippen MR) is 104 cm³/mol. The second-order valence-corrected chi connectivity index (χ2v) is 6.60. The number of guanidine groups is 1. The Balaban J connectivity index is 1.91. The van der Waals surface area contributed by atoms with Crippen LogP contribution in [0.25, 0.3) is 5.69 Å². The third kappa shape index (κ3) is 5.60. The Morgan fingerprint density at radius 2 is 2.21 bits per heavy atom. The topological polar surface area (TPSA) is 54.2 Å². The van der Waals surface area contributed by atoms with Crippen molar-refractivity contribution >= 4 is 17.7 Å². The van der Waals surface area contributed by atoms with Crippen molar-refractivity contribution in [3.63, 3.8) is 0 Å². The van der Waals surface area contributed by atoms with Crippen molar-refractivity contribution in [3.8, 4) is 5.69 Å². The SMILES string of the molecule is CN=C(NCCCCSC)NC(C)c1cccc(-n2cccn2)c1. The molecule has 0 radical (unpaired) electrons. The molecule has 1 heterocycles. The van der Waals surface area contributed by atoms with Crippen molar-refractivity contribution in [1.29, 1.82) is 0 Å². The van der Waals surface area contributed by atoms with Crippen molar-refractivity contribution in [1.82, 2.24) is 20.4 Å². The van der Waals surface area contributed by atoms with Crippen molar-refractivity contribution in [2.24, 2.45) is 4.99 Å². The van der Waals surface area contributed by atoms with E-state index in [0.29, 0.717) is 0 Å². The average molecular weight is 346 g/mol. The third-order valence-electron chi connectivity index (χ3n) is 3.78. The van der Waals surface area contributed by atoms with Crippen molar-refractivity contribution in [2.75, 3.05) is 25.6 Å². The average Bonchev–Trinajstić information content (AvgIpc) is 3.15. The monoisotopic (exact) mass is 345 g/mol. The number of nitrogens with one attached hydrogen (secondary N) is 2. The van der Waals surface area contributed by atoms with Crippen LogP contribution >= 0.6 is 11.8 Å². The number of unbranched alkanes of at least 4 members (excludes halogenated alkanes) is 1. The summed E-state index contributed by atoms with van der Waals surface area (Å²) < 4.78 is 1.87. The fraction of sp³-hybridized carbons (Fsp3) is 0.444. The van der Waals surface area contributed by atoms with Crippen molar-refractivity contribution in [3.05, 3.63) is 48.3 Å². The third-order valence-corrected chi connectivity index (χ3v) is 4.48. The second-order valence-electron chi connectivity index (χ2n) is 5.61. The van der Waals surface area contributed by atoms with Gasteiger partial charge in [-0.05, 0) is 55.5 Å². The lowest BCUT2D eigenvalue weighted by atomic mass is 10.1. The van der Waals surface area contributed by atoms with E-state index < -0.39 is 0 Å². The van der Waals surface area contributed by atoms with Crippen LogP contribution in [0.1, 0.15) is 31.4 Å². The van der Waals surface area contributed by atoms with E-state index in [0.717, 1.165) is 24.6 Å². The number of aromatic nitrogens is 2. The number of thioether (sulfide) groups is 1. The second kappa shape index (κ2) is 10.0. The number of nitrogens with zero attached hydrogens (tertiary/aromatic N) is 3. The molecule has 0 aliphatic heterocycles. The number of aliphatic imine (C=N–C) groups is 1. The van der Waals surface area contributed by atoms with Crippen LogP contribution in [0.4, 0.5) is 0 Å². The van der Waals surface area contributed by atoms with Crippen LogP contribution in [0.3, 0.4) is 0 Å². The minimum absolute atomic E-state index is 0.165. The van der Waals surface area contributed by atoms with Crippen LogP contribution in [0.2, 0.25) is 0 Å². The highest BCUT2D eigenvalue weighted by Crippen LogP contribution is 2.16. The van der Waals surface area contributed by atoms with Crippen LogP contribution in [0.15, 0.2) is 47.7 Å². The molecule has 5 nitrogen and oxygen atoms in total. The van der Waals surface area contributed by atoms with Gasteiger partial charge in [-0.25, -0.2) is 4.68 Å². The zero-order chi connectivity index (χ0) is 17.2. The molecule has 0 aliphatic rings. The van der Waals surface area contributed by atoms with E-state index in [2.05, 4.69) is 58.2 Å². The van der Waals surface area contributed by atoms with Gasteiger partial charge in [0.25, 0.3) is 0 Å². The molecule has 24 heavy (non-hydrogen) atoms. The lowest BCUT2D eigenvalue weighted by Gasteiger charge is -2.19. The van der Waals surface area contributed by atoms with Crippen LogP contribution in [0.5, 0.6) is 0 Å². The highest BCUT2D eigenvalue weighted by Gasteiger charge is 2.09. The quantitative estimate of drug-likeness (QED) is 0.438. The maximum absolute atomic E-state index is 4.32. The van der Waals surface area contributed by atoms with E-state index in [1.165, 1.54) is 17.7 Å². The van der Waals surface area contributed by atoms with E-state index in [1.54, 1.807) is 6.20 Å². The molecule has 0 saturated carbocycles. The van der Waals surface area contributed by atoms with Crippen LogP contribution in [-0.4, -0.2) is 41.3 Å². The first-order chi connectivity index (χ1) is 11.7. The van der Waals surface area contributed by atoms with E-state index in [-0.39, 0.29) is 6.04 Å². The summed E-state index contributed by atoms with van der Waals surface area (Å²) in [5.74, 6) is 2.06. The smallest absolute Gasteiger partial charge is 0.191 e. The van der Waals surface area contributed by atoms with Gasteiger partial charge in [0.05, 0.1) is 11.7 Å². The largest absolute Gasteiger partial charge is 0.356 e. The van der Waals surface area contributed by atoms with Crippen molar-refractivity contribution in [2.45, 2.75) is 25.8 Å². The fourth-order valence-electron chi connectivity index (χ4n) is 2.42. The molecule has 2 N–H and O–H groups in total. The first-order valence-electron chi connectivity index (χ1n) is 8.30. The Morgan fingerprint density at radius 3 is 2.92 bits per heavy atom. The molecule has 0 spiro atoms. The molecule has 1 aromatic carbocycles. The number of hydrogen-bond acceptors (Lipinski definition) is 3. The van der Waals surface area contributed by atoms with E-state index in [4.69, 9.17) is 0 Å². The Labute approximate surface area is 148 Å². The van der Waals surface area contributed by atoms with Gasteiger partial charge in [0.2, 0.25) is 0 Å². The molecular weight excluding hydrogens is 318 g/mol. The first kappa shape index (κ1) is 18.4. The van der Waals surface area contributed by atoms with Gasteiger partial charge in [-0.15, -0.1) is 0 Å². The molecule has 6 heteroatoms. The minimum Gasteiger partial charge on any atom is -0.356 e. The molecule has 0 amide bonds. The molecule has 2 rings (SSSR count). The number of rotatable bonds is 8. The fourth-order valence-corrected chi connectivity index (χ4v) is 2.91. The lowest BCUT2D eigenvalue weighted by molar-refractivity contribution is 0.671. The molecule has 0 saturated heterocycles. The van der Waals surface area contributed by atoms with Crippen LogP contribution in [0, 0.1) is 0 Å². The van der Waals surface area contributed by atoms with Crippen LogP contribution in [-0.2, 0) is 0 Å². The normalized spacial score (nSPS) is 12.9. The molecule has 0 fully saturated rings. The Bertz CT molecular complexity index is 624. The highest BCUT2D eigenvalue weighted by atomic mass is 32.2. The van der Waals surface area contributed by atoms with E-state index in [1.807, 2.05) is 35.8 Å². The molecular formula is C18H27N5S. The zero-order valence-electron chi connectivity index (χ0n) is 14.7. The summed E-state index contributed by atoms with van der Waals surface area (Å²) in [6, 6.07) is 10.5.